The van der Waals surface area contributed by atoms with Crippen molar-refractivity contribution in [2.45, 2.75) is 31.4 Å². The molecule has 0 saturated carbocycles. The van der Waals surface area contributed by atoms with Crippen molar-refractivity contribution in [1.29, 1.82) is 0 Å². The zero-order chi connectivity index (χ0) is 13.8. The molecule has 0 unspecified atom stereocenters. The van der Waals surface area contributed by atoms with E-state index in [1.807, 2.05) is 20.8 Å². The summed E-state index contributed by atoms with van der Waals surface area (Å²) in [4.78, 5) is 15.3. The fraction of sp³-hybridized carbons (Fsp3) is 0.500. The van der Waals surface area contributed by atoms with Crippen molar-refractivity contribution >= 4 is 23.4 Å². The van der Waals surface area contributed by atoms with Crippen molar-refractivity contribution in [2.24, 2.45) is 0 Å². The molecule has 0 amide bonds. The second-order valence-corrected chi connectivity index (χ2v) is 5.62. The maximum absolute atomic E-state index is 11.0. The highest BCUT2D eigenvalue weighted by molar-refractivity contribution is 7.99. The Morgan fingerprint density at radius 2 is 2.11 bits per heavy atom. The van der Waals surface area contributed by atoms with Crippen LogP contribution in [0.15, 0.2) is 17.2 Å². The van der Waals surface area contributed by atoms with Crippen LogP contribution in [0.5, 0.6) is 5.88 Å². The lowest BCUT2D eigenvalue weighted by Crippen LogP contribution is -2.24. The van der Waals surface area contributed by atoms with E-state index in [1.54, 1.807) is 12.1 Å². The van der Waals surface area contributed by atoms with Gasteiger partial charge in [0.05, 0.1) is 18.6 Å². The van der Waals surface area contributed by atoms with Crippen LogP contribution in [0.2, 0.25) is 0 Å². The summed E-state index contributed by atoms with van der Waals surface area (Å²) in [6, 6.07) is 3.46. The lowest BCUT2D eigenvalue weighted by molar-refractivity contribution is -0.137. The number of carbonyl (C=O) groups excluding carboxylic acids is 1. The lowest BCUT2D eigenvalue weighted by Gasteiger charge is -2.21. The van der Waals surface area contributed by atoms with Crippen LogP contribution >= 0.6 is 11.8 Å². The molecule has 18 heavy (non-hydrogen) atoms. The predicted octanol–water partition coefficient (Wildman–Crippen LogP) is 2.11. The van der Waals surface area contributed by atoms with Gasteiger partial charge in [-0.25, -0.2) is 4.98 Å². The van der Waals surface area contributed by atoms with Gasteiger partial charge in [0.15, 0.2) is 0 Å². The first-order chi connectivity index (χ1) is 8.31. The lowest BCUT2D eigenvalue weighted by atomic mass is 10.2. The maximum atomic E-state index is 11.0. The number of ether oxygens (including phenoxy) is 2. The number of nitrogens with two attached hydrogens (primary N) is 1. The second-order valence-electron chi connectivity index (χ2n) is 4.62. The van der Waals surface area contributed by atoms with Crippen LogP contribution in [0.3, 0.4) is 0 Å². The zero-order valence-electron chi connectivity index (χ0n) is 11.0. The smallest absolute Gasteiger partial charge is 0.316 e. The third-order valence-corrected chi connectivity index (χ3v) is 2.74. The molecule has 0 aliphatic carbocycles. The molecule has 6 heteroatoms. The second kappa shape index (κ2) is 5.95. The number of anilines is 1. The molecule has 0 saturated heterocycles. The first-order valence-corrected chi connectivity index (χ1v) is 6.45. The molecule has 0 fully saturated rings. The number of methoxy groups -OCH3 is 1. The molecule has 1 aromatic rings. The SMILES string of the molecule is COC(=O)CSc1ccc(N)c(OC(C)(C)C)n1. The fourth-order valence-corrected chi connectivity index (χ4v) is 1.77. The molecule has 5 nitrogen and oxygen atoms in total. The van der Waals surface area contributed by atoms with Gasteiger partial charge in [0.1, 0.15) is 10.6 Å². The minimum absolute atomic E-state index is 0.211. The normalized spacial score (nSPS) is 11.1. The summed E-state index contributed by atoms with van der Waals surface area (Å²) in [6.45, 7) is 5.76. The van der Waals surface area contributed by atoms with Gasteiger partial charge in [-0.3, -0.25) is 4.79 Å². The van der Waals surface area contributed by atoms with E-state index in [-0.39, 0.29) is 17.3 Å². The van der Waals surface area contributed by atoms with Crippen LogP contribution in [-0.2, 0) is 9.53 Å². The molecule has 2 N–H and O–H groups in total. The van der Waals surface area contributed by atoms with Crippen LogP contribution in [0.1, 0.15) is 20.8 Å². The largest absolute Gasteiger partial charge is 0.470 e. The van der Waals surface area contributed by atoms with Crippen molar-refractivity contribution in [3.05, 3.63) is 12.1 Å². The van der Waals surface area contributed by atoms with E-state index < -0.39 is 0 Å². The number of nitrogen functional groups attached to an aromatic ring is 1. The van der Waals surface area contributed by atoms with Gasteiger partial charge < -0.3 is 15.2 Å². The van der Waals surface area contributed by atoms with E-state index in [0.717, 1.165) is 0 Å². The molecule has 100 valence electrons. The van der Waals surface area contributed by atoms with Crippen LogP contribution in [0.25, 0.3) is 0 Å². The number of thioether (sulfide) groups is 1. The summed E-state index contributed by atoms with van der Waals surface area (Å²) in [5, 5.41) is 0.675. The number of pyridine rings is 1. The first kappa shape index (κ1) is 14.6. The van der Waals surface area contributed by atoms with E-state index in [0.29, 0.717) is 16.6 Å². The number of aromatic nitrogens is 1. The van der Waals surface area contributed by atoms with E-state index >= 15 is 0 Å². The van der Waals surface area contributed by atoms with Crippen molar-refractivity contribution in [3.8, 4) is 5.88 Å². The molecule has 1 aromatic heterocycles. The Labute approximate surface area is 111 Å². The average Bonchev–Trinajstić information content (AvgIpc) is 2.28. The molecular formula is C12H18N2O3S. The van der Waals surface area contributed by atoms with Gasteiger partial charge in [-0.05, 0) is 32.9 Å². The summed E-state index contributed by atoms with van der Waals surface area (Å²) in [6.07, 6.45) is 0. The van der Waals surface area contributed by atoms with Gasteiger partial charge >= 0.3 is 5.97 Å². The highest BCUT2D eigenvalue weighted by Crippen LogP contribution is 2.27. The topological polar surface area (TPSA) is 74.4 Å². The minimum Gasteiger partial charge on any atom is -0.470 e. The molecule has 0 aliphatic rings. The summed E-state index contributed by atoms with van der Waals surface area (Å²) < 4.78 is 10.2. The Morgan fingerprint density at radius 1 is 1.44 bits per heavy atom. The van der Waals surface area contributed by atoms with Gasteiger partial charge in [0.2, 0.25) is 5.88 Å². The molecule has 0 spiro atoms. The summed E-state index contributed by atoms with van der Waals surface area (Å²) in [7, 11) is 1.35. The Balaban J connectivity index is 2.77. The third kappa shape index (κ3) is 4.83. The Bertz CT molecular complexity index is 430. The summed E-state index contributed by atoms with van der Waals surface area (Å²) >= 11 is 1.28. The van der Waals surface area contributed by atoms with E-state index in [4.69, 9.17) is 10.5 Å². The van der Waals surface area contributed by atoms with Gasteiger partial charge in [-0.15, -0.1) is 0 Å². The molecule has 1 heterocycles. The number of hydrogen-bond donors (Lipinski definition) is 1. The first-order valence-electron chi connectivity index (χ1n) is 5.47. The molecule has 1 rings (SSSR count). The highest BCUT2D eigenvalue weighted by atomic mass is 32.2. The van der Waals surface area contributed by atoms with E-state index in [9.17, 15) is 4.79 Å². The summed E-state index contributed by atoms with van der Waals surface area (Å²) in [5.74, 6) is 0.303. The van der Waals surface area contributed by atoms with Crippen LogP contribution < -0.4 is 10.5 Å². The molecule has 0 aliphatic heterocycles. The number of carbonyl (C=O) groups is 1. The van der Waals surface area contributed by atoms with Crippen molar-refractivity contribution in [3.63, 3.8) is 0 Å². The average molecular weight is 270 g/mol. The van der Waals surface area contributed by atoms with E-state index in [2.05, 4.69) is 9.72 Å². The molecule has 0 atom stereocenters. The third-order valence-electron chi connectivity index (χ3n) is 1.83. The molecule has 0 bridgehead atoms. The number of nitrogens with zero attached hydrogens (tertiary/aromatic N) is 1. The van der Waals surface area contributed by atoms with Gasteiger partial charge in [0, 0.05) is 0 Å². The van der Waals surface area contributed by atoms with Crippen LogP contribution in [0, 0.1) is 0 Å². The standard InChI is InChI=1S/C12H18N2O3S/c1-12(2,3)17-11-8(13)5-6-9(14-11)18-7-10(15)16-4/h5-6H,7,13H2,1-4H3. The maximum Gasteiger partial charge on any atom is 0.316 e. The summed E-state index contributed by atoms with van der Waals surface area (Å²) in [5.41, 5.74) is 5.90. The van der Waals surface area contributed by atoms with Gasteiger partial charge in [-0.1, -0.05) is 11.8 Å². The van der Waals surface area contributed by atoms with Crippen LogP contribution in [-0.4, -0.2) is 29.4 Å². The molecular weight excluding hydrogens is 252 g/mol. The van der Waals surface area contributed by atoms with Crippen LogP contribution in [0.4, 0.5) is 5.69 Å². The minimum atomic E-state index is -0.368. The Morgan fingerprint density at radius 3 is 2.67 bits per heavy atom. The number of hydrogen-bond acceptors (Lipinski definition) is 6. The Hall–Kier alpha value is -1.43. The quantitative estimate of drug-likeness (QED) is 0.667. The van der Waals surface area contributed by atoms with Gasteiger partial charge in [0.25, 0.3) is 0 Å². The predicted molar refractivity (Wildman–Crippen MR) is 71.8 cm³/mol. The van der Waals surface area contributed by atoms with Crippen molar-refractivity contribution in [1.82, 2.24) is 4.98 Å². The van der Waals surface area contributed by atoms with Gasteiger partial charge in [-0.2, -0.15) is 0 Å². The Kier molecular flexibility index (Phi) is 4.84. The molecule has 0 radical (unpaired) electrons. The van der Waals surface area contributed by atoms with E-state index in [1.165, 1.54) is 18.9 Å². The van der Waals surface area contributed by atoms with Crippen molar-refractivity contribution in [2.75, 3.05) is 18.6 Å². The zero-order valence-corrected chi connectivity index (χ0v) is 11.8. The van der Waals surface area contributed by atoms with Crippen molar-refractivity contribution < 1.29 is 14.3 Å². The highest BCUT2D eigenvalue weighted by Gasteiger charge is 2.15. The number of esters is 1. The monoisotopic (exact) mass is 270 g/mol. The number of rotatable bonds is 4. The fourth-order valence-electron chi connectivity index (χ4n) is 1.08. The molecule has 0 aromatic carbocycles.